The van der Waals surface area contributed by atoms with Gasteiger partial charge in [-0.15, -0.1) is 5.10 Å². The molecule has 1 heterocycles. The molecule has 1 aromatic rings. The molecular formula is C12H20N4O4. The summed E-state index contributed by atoms with van der Waals surface area (Å²) < 4.78 is 5.15. The molecule has 8 nitrogen and oxygen atoms in total. The minimum atomic E-state index is -0.910. The van der Waals surface area contributed by atoms with E-state index in [9.17, 15) is 9.59 Å². The van der Waals surface area contributed by atoms with Gasteiger partial charge in [-0.05, 0) is 12.8 Å². The van der Waals surface area contributed by atoms with Crippen molar-refractivity contribution in [3.05, 3.63) is 5.89 Å². The third-order valence-corrected chi connectivity index (χ3v) is 2.54. The molecule has 0 aliphatic heterocycles. The monoisotopic (exact) mass is 284 g/mol. The highest BCUT2D eigenvalue weighted by Crippen LogP contribution is 2.05. The van der Waals surface area contributed by atoms with E-state index in [4.69, 9.17) is 9.52 Å². The molecule has 0 aliphatic carbocycles. The minimum Gasteiger partial charge on any atom is -0.481 e. The summed E-state index contributed by atoms with van der Waals surface area (Å²) in [5.41, 5.74) is 0. The number of nitrogens with zero attached hydrogens (tertiary/aromatic N) is 2. The second kappa shape index (κ2) is 8.89. The van der Waals surface area contributed by atoms with Crippen LogP contribution in [0.25, 0.3) is 0 Å². The molecule has 1 amide bonds. The quantitative estimate of drug-likeness (QED) is 0.547. The summed E-state index contributed by atoms with van der Waals surface area (Å²) in [4.78, 5) is 21.6. The molecule has 0 saturated carbocycles. The molecule has 20 heavy (non-hydrogen) atoms. The van der Waals surface area contributed by atoms with Crippen LogP contribution in [0, 0.1) is 6.92 Å². The Morgan fingerprint density at radius 1 is 1.15 bits per heavy atom. The maximum absolute atomic E-state index is 11.3. The highest BCUT2D eigenvalue weighted by atomic mass is 16.4. The van der Waals surface area contributed by atoms with Gasteiger partial charge < -0.3 is 20.2 Å². The van der Waals surface area contributed by atoms with Crippen molar-refractivity contribution in [2.24, 2.45) is 0 Å². The Balaban J connectivity index is 1.93. The Hall–Kier alpha value is -2.12. The zero-order valence-corrected chi connectivity index (χ0v) is 11.5. The Morgan fingerprint density at radius 3 is 2.60 bits per heavy atom. The van der Waals surface area contributed by atoms with Gasteiger partial charge in [-0.2, -0.15) is 0 Å². The van der Waals surface area contributed by atoms with Gasteiger partial charge >= 0.3 is 12.0 Å². The molecule has 3 N–H and O–H groups in total. The van der Waals surface area contributed by atoms with Gasteiger partial charge in [-0.3, -0.25) is 9.59 Å². The first kappa shape index (κ1) is 15.9. The van der Waals surface area contributed by atoms with Crippen molar-refractivity contribution in [2.75, 3.05) is 18.4 Å². The number of aliphatic carboxylic acids is 1. The fourth-order valence-electron chi connectivity index (χ4n) is 1.55. The molecule has 0 aliphatic rings. The summed E-state index contributed by atoms with van der Waals surface area (Å²) in [6.45, 7) is 2.62. The summed E-state index contributed by atoms with van der Waals surface area (Å²) in [7, 11) is 0. The summed E-state index contributed by atoms with van der Waals surface area (Å²) in [5, 5.41) is 21.5. The van der Waals surface area contributed by atoms with Crippen LogP contribution >= 0.6 is 0 Å². The summed E-state index contributed by atoms with van der Waals surface area (Å²) >= 11 is 0. The van der Waals surface area contributed by atoms with Crippen molar-refractivity contribution in [1.82, 2.24) is 15.5 Å². The van der Waals surface area contributed by atoms with E-state index >= 15 is 0 Å². The van der Waals surface area contributed by atoms with E-state index in [1.165, 1.54) is 0 Å². The SMILES string of the molecule is Cc1nnc(NCCCCCC(=O)NCCC(=O)O)o1. The first-order valence-electron chi connectivity index (χ1n) is 6.60. The van der Waals surface area contributed by atoms with E-state index in [2.05, 4.69) is 20.8 Å². The molecule has 0 unspecified atom stereocenters. The summed E-state index contributed by atoms with van der Waals surface area (Å²) in [6, 6.07) is 0.411. The number of rotatable bonds is 10. The molecular weight excluding hydrogens is 264 g/mol. The number of amides is 1. The van der Waals surface area contributed by atoms with Crippen LogP contribution < -0.4 is 10.6 Å². The lowest BCUT2D eigenvalue weighted by atomic mass is 10.2. The largest absolute Gasteiger partial charge is 0.481 e. The third kappa shape index (κ3) is 7.34. The number of hydrogen-bond acceptors (Lipinski definition) is 6. The number of carbonyl (C=O) groups is 2. The molecule has 0 spiro atoms. The van der Waals surface area contributed by atoms with Crippen LogP contribution in [0.2, 0.25) is 0 Å². The van der Waals surface area contributed by atoms with Crippen LogP contribution in [0.15, 0.2) is 4.42 Å². The van der Waals surface area contributed by atoms with Crippen LogP contribution in [0.5, 0.6) is 0 Å². The van der Waals surface area contributed by atoms with Gasteiger partial charge in [0.25, 0.3) is 0 Å². The maximum atomic E-state index is 11.3. The van der Waals surface area contributed by atoms with Crippen LogP contribution in [0.1, 0.15) is 38.0 Å². The van der Waals surface area contributed by atoms with Crippen molar-refractivity contribution in [3.63, 3.8) is 0 Å². The zero-order chi connectivity index (χ0) is 14.8. The molecule has 1 aromatic heterocycles. The van der Waals surface area contributed by atoms with Crippen molar-refractivity contribution in [2.45, 2.75) is 39.0 Å². The Bertz CT molecular complexity index is 433. The second-order valence-electron chi connectivity index (χ2n) is 4.36. The number of unbranched alkanes of at least 4 members (excludes halogenated alkanes) is 2. The van der Waals surface area contributed by atoms with Gasteiger partial charge in [-0.25, -0.2) is 0 Å². The first-order chi connectivity index (χ1) is 9.58. The van der Waals surface area contributed by atoms with Crippen LogP contribution in [0.3, 0.4) is 0 Å². The smallest absolute Gasteiger partial charge is 0.315 e. The molecule has 0 aromatic carbocycles. The lowest BCUT2D eigenvalue weighted by Crippen LogP contribution is -2.25. The maximum Gasteiger partial charge on any atom is 0.315 e. The van der Waals surface area contributed by atoms with E-state index in [1.54, 1.807) is 6.92 Å². The van der Waals surface area contributed by atoms with Crippen LogP contribution in [-0.2, 0) is 9.59 Å². The Kier molecular flexibility index (Phi) is 7.08. The average Bonchev–Trinajstić information content (AvgIpc) is 2.79. The zero-order valence-electron chi connectivity index (χ0n) is 11.5. The fourth-order valence-corrected chi connectivity index (χ4v) is 1.55. The van der Waals surface area contributed by atoms with Gasteiger partial charge in [0.1, 0.15) is 0 Å². The molecule has 0 fully saturated rings. The highest BCUT2D eigenvalue weighted by Gasteiger charge is 2.03. The van der Waals surface area contributed by atoms with Crippen molar-refractivity contribution >= 4 is 17.9 Å². The van der Waals surface area contributed by atoms with Gasteiger partial charge in [0.05, 0.1) is 6.42 Å². The first-order valence-corrected chi connectivity index (χ1v) is 6.60. The molecule has 8 heteroatoms. The van der Waals surface area contributed by atoms with Crippen LogP contribution in [0.4, 0.5) is 6.01 Å². The number of aryl methyl sites for hydroxylation is 1. The third-order valence-electron chi connectivity index (χ3n) is 2.54. The predicted octanol–water partition coefficient (Wildman–Crippen LogP) is 0.941. The molecule has 0 bridgehead atoms. The molecule has 0 radical (unpaired) electrons. The van der Waals surface area contributed by atoms with Gasteiger partial charge in [0, 0.05) is 26.4 Å². The normalized spacial score (nSPS) is 10.2. The van der Waals surface area contributed by atoms with E-state index in [0.29, 0.717) is 24.9 Å². The highest BCUT2D eigenvalue weighted by molar-refractivity contribution is 5.76. The number of aromatic nitrogens is 2. The average molecular weight is 284 g/mol. The van der Waals surface area contributed by atoms with Crippen LogP contribution in [-0.4, -0.2) is 40.3 Å². The van der Waals surface area contributed by atoms with Crippen molar-refractivity contribution in [1.29, 1.82) is 0 Å². The molecule has 1 rings (SSSR count). The van der Waals surface area contributed by atoms with E-state index in [-0.39, 0.29) is 18.9 Å². The van der Waals surface area contributed by atoms with Gasteiger partial charge in [0.15, 0.2) is 0 Å². The number of hydrogen-bond donors (Lipinski definition) is 3. The number of carbonyl (C=O) groups excluding carboxylic acids is 1. The van der Waals surface area contributed by atoms with E-state index < -0.39 is 5.97 Å². The fraction of sp³-hybridized carbons (Fsp3) is 0.667. The Labute approximate surface area is 116 Å². The number of carboxylic acid groups (broad SMARTS) is 1. The predicted molar refractivity (Wildman–Crippen MR) is 71.3 cm³/mol. The van der Waals surface area contributed by atoms with Crippen molar-refractivity contribution in [3.8, 4) is 0 Å². The number of nitrogens with one attached hydrogen (secondary N) is 2. The number of carboxylic acids is 1. The summed E-state index contributed by atoms with van der Waals surface area (Å²) in [5.74, 6) is -0.495. The Morgan fingerprint density at radius 2 is 1.95 bits per heavy atom. The van der Waals surface area contributed by atoms with Crippen molar-refractivity contribution < 1.29 is 19.1 Å². The second-order valence-corrected chi connectivity index (χ2v) is 4.36. The topological polar surface area (TPSA) is 117 Å². The van der Waals surface area contributed by atoms with Gasteiger partial charge in [0.2, 0.25) is 11.8 Å². The molecule has 0 atom stereocenters. The summed E-state index contributed by atoms with van der Waals surface area (Å²) in [6.07, 6.45) is 2.93. The standard InChI is InChI=1S/C12H20N4O4/c1-9-15-16-12(20-9)14-7-4-2-3-5-10(17)13-8-6-11(18)19/h2-8H2,1H3,(H,13,17)(H,14,16)(H,18,19). The molecule has 112 valence electrons. The van der Waals surface area contributed by atoms with E-state index in [0.717, 1.165) is 19.3 Å². The molecule has 0 saturated heterocycles. The number of anilines is 1. The minimum absolute atomic E-state index is 0.0424. The lowest BCUT2D eigenvalue weighted by molar-refractivity contribution is -0.136. The lowest BCUT2D eigenvalue weighted by Gasteiger charge is -2.04. The van der Waals surface area contributed by atoms with Gasteiger partial charge in [-0.1, -0.05) is 11.5 Å². The van der Waals surface area contributed by atoms with E-state index in [1.807, 2.05) is 0 Å².